The molecule has 0 radical (unpaired) electrons. The molecule has 1 heterocycles. The zero-order valence-corrected chi connectivity index (χ0v) is 21.2. The summed E-state index contributed by atoms with van der Waals surface area (Å²) in [6.07, 6.45) is -0.507. The summed E-state index contributed by atoms with van der Waals surface area (Å²) < 4.78 is 31.6. The van der Waals surface area contributed by atoms with E-state index in [0.717, 1.165) is 12.1 Å². The Hall–Kier alpha value is -2.20. The monoisotopic (exact) mass is 470 g/mol. The molecule has 1 aliphatic rings. The summed E-state index contributed by atoms with van der Waals surface area (Å²) in [5, 5.41) is 11.0. The zero-order chi connectivity index (χ0) is 24.5. The van der Waals surface area contributed by atoms with Gasteiger partial charge in [0.05, 0.1) is 36.2 Å². The van der Waals surface area contributed by atoms with E-state index in [1.54, 1.807) is 25.7 Å². The molecule has 32 heavy (non-hydrogen) atoms. The Morgan fingerprint density at radius 3 is 2.38 bits per heavy atom. The largest absolute Gasteiger partial charge is 0.488 e. The molecular formula is C22H35FN2O6Si. The number of halogens is 1. The minimum absolute atomic E-state index is 0.0127. The van der Waals surface area contributed by atoms with Gasteiger partial charge in [-0.1, -0.05) is 20.8 Å². The van der Waals surface area contributed by atoms with Gasteiger partial charge in [0.25, 0.3) is 5.69 Å². The average molecular weight is 471 g/mol. The first-order valence-electron chi connectivity index (χ1n) is 10.7. The molecule has 0 N–H and O–H groups in total. The SMILES string of the molecule is CC(C)(C)OC(=O)N1C[C@H](Oc2cc(F)cc([N+](=O)[O-])c2)C[C@H]1CO[Si](C)(C)C(C)(C)C. The van der Waals surface area contributed by atoms with Crippen LogP contribution in [0, 0.1) is 15.9 Å². The number of likely N-dealkylation sites (tertiary alicyclic amines) is 1. The summed E-state index contributed by atoms with van der Waals surface area (Å²) in [5.74, 6) is -0.703. The van der Waals surface area contributed by atoms with Crippen LogP contribution in [0.3, 0.4) is 0 Å². The molecule has 0 aromatic heterocycles. The van der Waals surface area contributed by atoms with Crippen LogP contribution in [0.1, 0.15) is 48.0 Å². The van der Waals surface area contributed by atoms with Crippen molar-refractivity contribution in [3.8, 4) is 5.75 Å². The average Bonchev–Trinajstić information content (AvgIpc) is 3.00. The van der Waals surface area contributed by atoms with Crippen LogP contribution in [0.4, 0.5) is 14.9 Å². The number of carbonyl (C=O) groups excluding carboxylic acids is 1. The molecule has 0 bridgehead atoms. The first-order chi connectivity index (χ1) is 14.5. The highest BCUT2D eigenvalue weighted by Crippen LogP contribution is 2.37. The van der Waals surface area contributed by atoms with E-state index in [9.17, 15) is 19.3 Å². The van der Waals surface area contributed by atoms with Crippen LogP contribution in [0.5, 0.6) is 5.75 Å². The highest BCUT2D eigenvalue weighted by molar-refractivity contribution is 6.74. The lowest BCUT2D eigenvalue weighted by Crippen LogP contribution is -2.46. The molecule has 1 amide bonds. The van der Waals surface area contributed by atoms with E-state index in [1.165, 1.54) is 6.07 Å². The first kappa shape index (κ1) is 26.1. The maximum absolute atomic E-state index is 13.8. The number of hydrogen-bond acceptors (Lipinski definition) is 6. The number of nitro groups is 1. The second-order valence-corrected chi connectivity index (χ2v) is 15.5. The summed E-state index contributed by atoms with van der Waals surface area (Å²) in [6.45, 7) is 16.6. The number of carbonyl (C=O) groups is 1. The van der Waals surface area contributed by atoms with Crippen LogP contribution < -0.4 is 4.74 Å². The molecule has 2 rings (SSSR count). The predicted molar refractivity (Wildman–Crippen MR) is 122 cm³/mol. The number of non-ortho nitro benzene ring substituents is 1. The number of rotatable bonds is 6. The van der Waals surface area contributed by atoms with Gasteiger partial charge < -0.3 is 13.9 Å². The normalized spacial score (nSPS) is 19.7. The summed E-state index contributed by atoms with van der Waals surface area (Å²) >= 11 is 0. The van der Waals surface area contributed by atoms with Gasteiger partial charge in [-0.3, -0.25) is 15.0 Å². The van der Waals surface area contributed by atoms with Crippen LogP contribution in [-0.2, 0) is 9.16 Å². The van der Waals surface area contributed by atoms with Gasteiger partial charge in [-0.05, 0) is 38.9 Å². The summed E-state index contributed by atoms with van der Waals surface area (Å²) in [4.78, 5) is 24.8. The van der Waals surface area contributed by atoms with Gasteiger partial charge in [0.2, 0.25) is 0 Å². The molecule has 1 aromatic carbocycles. The fourth-order valence-electron chi connectivity index (χ4n) is 3.10. The van der Waals surface area contributed by atoms with Crippen LogP contribution >= 0.6 is 0 Å². The van der Waals surface area contributed by atoms with E-state index in [1.807, 2.05) is 0 Å². The Balaban J connectivity index is 2.20. The third-order valence-electron chi connectivity index (χ3n) is 5.82. The molecule has 8 nitrogen and oxygen atoms in total. The second kappa shape index (κ2) is 9.34. The number of ether oxygens (including phenoxy) is 2. The molecule has 1 aromatic rings. The van der Waals surface area contributed by atoms with Crippen molar-refractivity contribution >= 4 is 20.1 Å². The number of benzene rings is 1. The summed E-state index contributed by atoms with van der Waals surface area (Å²) in [7, 11) is -2.05. The van der Waals surface area contributed by atoms with Crippen molar-refractivity contribution in [1.29, 1.82) is 0 Å². The van der Waals surface area contributed by atoms with Gasteiger partial charge in [0, 0.05) is 12.5 Å². The Morgan fingerprint density at radius 2 is 1.84 bits per heavy atom. The molecular weight excluding hydrogens is 435 g/mol. The highest BCUT2D eigenvalue weighted by Gasteiger charge is 2.42. The van der Waals surface area contributed by atoms with Crippen molar-refractivity contribution < 1.29 is 28.0 Å². The standard InChI is InChI=1S/C22H35FN2O6Si/c1-21(2,3)31-20(26)24-13-19(12-17(24)14-29-32(7,8)22(4,5)6)30-18-10-15(23)9-16(11-18)25(27)28/h9-11,17,19H,12-14H2,1-8H3/t17-,19+/m0/s1. The van der Waals surface area contributed by atoms with E-state index >= 15 is 0 Å². The lowest BCUT2D eigenvalue weighted by Gasteiger charge is -2.38. The van der Waals surface area contributed by atoms with Crippen molar-refractivity contribution in [3.05, 3.63) is 34.1 Å². The van der Waals surface area contributed by atoms with Crippen molar-refractivity contribution in [3.63, 3.8) is 0 Å². The summed E-state index contributed by atoms with van der Waals surface area (Å²) in [5.41, 5.74) is -1.05. The Morgan fingerprint density at radius 1 is 1.22 bits per heavy atom. The second-order valence-electron chi connectivity index (χ2n) is 10.7. The number of hydrogen-bond donors (Lipinski definition) is 0. The minimum Gasteiger partial charge on any atom is -0.488 e. The number of nitrogens with zero attached hydrogens (tertiary/aromatic N) is 2. The molecule has 180 valence electrons. The van der Waals surface area contributed by atoms with E-state index in [4.69, 9.17) is 13.9 Å². The molecule has 0 aliphatic carbocycles. The van der Waals surface area contributed by atoms with Gasteiger partial charge in [-0.2, -0.15) is 0 Å². The van der Waals surface area contributed by atoms with Crippen LogP contribution in [0.2, 0.25) is 18.1 Å². The lowest BCUT2D eigenvalue weighted by molar-refractivity contribution is -0.385. The summed E-state index contributed by atoms with van der Waals surface area (Å²) in [6, 6.07) is 2.84. The van der Waals surface area contributed by atoms with E-state index in [0.29, 0.717) is 13.0 Å². The molecule has 0 unspecified atom stereocenters. The molecule has 10 heteroatoms. The first-order valence-corrected chi connectivity index (χ1v) is 13.6. The van der Waals surface area contributed by atoms with E-state index in [2.05, 4.69) is 33.9 Å². The van der Waals surface area contributed by atoms with E-state index < -0.39 is 36.9 Å². The fraction of sp³-hybridized carbons (Fsp3) is 0.682. The van der Waals surface area contributed by atoms with Crippen LogP contribution in [0.15, 0.2) is 18.2 Å². The van der Waals surface area contributed by atoms with Gasteiger partial charge in [0.15, 0.2) is 8.32 Å². The van der Waals surface area contributed by atoms with Crippen molar-refractivity contribution in [2.75, 3.05) is 13.2 Å². The third-order valence-corrected chi connectivity index (χ3v) is 10.3. The maximum Gasteiger partial charge on any atom is 0.410 e. The van der Waals surface area contributed by atoms with Gasteiger partial charge >= 0.3 is 6.09 Å². The smallest absolute Gasteiger partial charge is 0.410 e. The fourth-order valence-corrected chi connectivity index (χ4v) is 4.14. The molecule has 1 fully saturated rings. The van der Waals surface area contributed by atoms with Gasteiger partial charge in [-0.15, -0.1) is 0 Å². The topological polar surface area (TPSA) is 91.1 Å². The van der Waals surface area contributed by atoms with Crippen molar-refractivity contribution in [2.24, 2.45) is 0 Å². The molecule has 1 saturated heterocycles. The highest BCUT2D eigenvalue weighted by atomic mass is 28.4. The minimum atomic E-state index is -2.05. The Bertz CT molecular complexity index is 850. The van der Waals surface area contributed by atoms with Crippen molar-refractivity contribution in [2.45, 2.75) is 83.8 Å². The lowest BCUT2D eigenvalue weighted by atomic mass is 10.2. The zero-order valence-electron chi connectivity index (χ0n) is 20.2. The molecule has 1 aliphatic heterocycles. The van der Waals surface area contributed by atoms with Gasteiger partial charge in [-0.25, -0.2) is 9.18 Å². The van der Waals surface area contributed by atoms with Crippen molar-refractivity contribution in [1.82, 2.24) is 4.90 Å². The van der Waals surface area contributed by atoms with Gasteiger partial charge in [0.1, 0.15) is 23.3 Å². The van der Waals surface area contributed by atoms with Crippen LogP contribution in [0.25, 0.3) is 0 Å². The molecule has 2 atom stereocenters. The Kier molecular flexibility index (Phi) is 7.61. The maximum atomic E-state index is 13.8. The van der Waals surface area contributed by atoms with E-state index in [-0.39, 0.29) is 29.1 Å². The third kappa shape index (κ3) is 6.90. The number of nitro benzene ring substituents is 1. The number of amides is 1. The molecule has 0 saturated carbocycles. The Labute approximate surface area is 190 Å². The quantitative estimate of drug-likeness (QED) is 0.309. The molecule has 0 spiro atoms. The van der Waals surface area contributed by atoms with Crippen LogP contribution in [-0.4, -0.2) is 55.1 Å². The predicted octanol–water partition coefficient (Wildman–Crippen LogP) is 5.51.